The SMILES string of the molecule is COCCN1CC(=O)N[C@@H](C(C)C)C(=O)NCCOc2ccc(cc2)C[C@H](NC(=O)CC2CC2)C(=O)N[C@@H](Cc2c[nH]c3ccccc23)C1=O. The molecule has 0 saturated heterocycles. The maximum absolute atomic E-state index is 14.4. The molecule has 0 unspecified atom stereocenters. The minimum atomic E-state index is -1.10. The molecule has 3 aliphatic rings. The van der Waals surface area contributed by atoms with Crippen LogP contribution in [0, 0.1) is 11.8 Å². The maximum atomic E-state index is 14.4. The van der Waals surface area contributed by atoms with Gasteiger partial charge in [-0.2, -0.15) is 0 Å². The first-order valence-corrected chi connectivity index (χ1v) is 17.3. The summed E-state index contributed by atoms with van der Waals surface area (Å²) < 4.78 is 11.1. The molecule has 50 heavy (non-hydrogen) atoms. The molecule has 13 heteroatoms. The second-order valence-corrected chi connectivity index (χ2v) is 13.4. The van der Waals surface area contributed by atoms with E-state index in [1.807, 2.05) is 50.2 Å². The number of H-pyrrole nitrogens is 1. The largest absolute Gasteiger partial charge is 0.492 e. The number of aromatic nitrogens is 1. The predicted molar refractivity (Wildman–Crippen MR) is 187 cm³/mol. The van der Waals surface area contributed by atoms with Crippen LogP contribution in [0.3, 0.4) is 0 Å². The number of hydrogen-bond donors (Lipinski definition) is 5. The number of ether oxygens (including phenoxy) is 2. The van der Waals surface area contributed by atoms with Crippen LogP contribution in [0.5, 0.6) is 5.75 Å². The van der Waals surface area contributed by atoms with Crippen LogP contribution in [0.25, 0.3) is 10.9 Å². The number of carbonyl (C=O) groups excluding carboxylic acids is 5. The third kappa shape index (κ3) is 10.1. The highest BCUT2D eigenvalue weighted by molar-refractivity contribution is 5.95. The maximum Gasteiger partial charge on any atom is 0.246 e. The summed E-state index contributed by atoms with van der Waals surface area (Å²) in [6, 6.07) is 11.9. The molecule has 268 valence electrons. The lowest BCUT2D eigenvalue weighted by atomic mass is 10.0. The summed E-state index contributed by atoms with van der Waals surface area (Å²) in [6.45, 7) is 3.88. The molecule has 3 heterocycles. The van der Waals surface area contributed by atoms with Gasteiger partial charge in [-0.25, -0.2) is 0 Å². The van der Waals surface area contributed by atoms with E-state index in [0.717, 1.165) is 34.9 Å². The lowest BCUT2D eigenvalue weighted by Crippen LogP contribution is -2.58. The Morgan fingerprint density at radius 2 is 1.78 bits per heavy atom. The number of methoxy groups -OCH3 is 1. The Morgan fingerprint density at radius 1 is 1.02 bits per heavy atom. The van der Waals surface area contributed by atoms with E-state index in [1.54, 1.807) is 18.3 Å². The van der Waals surface area contributed by atoms with Crippen LogP contribution in [-0.4, -0.2) is 97.5 Å². The van der Waals surface area contributed by atoms with Crippen LogP contribution in [0.4, 0.5) is 0 Å². The van der Waals surface area contributed by atoms with E-state index in [4.69, 9.17) is 9.47 Å². The van der Waals surface area contributed by atoms with Crippen molar-refractivity contribution in [3.8, 4) is 5.75 Å². The van der Waals surface area contributed by atoms with E-state index in [0.29, 0.717) is 18.1 Å². The quantitative estimate of drug-likeness (QED) is 0.214. The van der Waals surface area contributed by atoms with Gasteiger partial charge in [0.2, 0.25) is 29.5 Å². The summed E-state index contributed by atoms with van der Waals surface area (Å²) in [6.07, 6.45) is 4.41. The second-order valence-electron chi connectivity index (χ2n) is 13.4. The molecule has 3 atom stereocenters. The van der Waals surface area contributed by atoms with Crippen LogP contribution in [0.15, 0.2) is 54.7 Å². The van der Waals surface area contributed by atoms with Crippen molar-refractivity contribution >= 4 is 40.4 Å². The fourth-order valence-corrected chi connectivity index (χ4v) is 6.07. The number of fused-ring (bicyclic) bond motifs is 18. The number of nitrogens with one attached hydrogen (secondary N) is 5. The van der Waals surface area contributed by atoms with E-state index in [9.17, 15) is 24.0 Å². The van der Waals surface area contributed by atoms with Crippen LogP contribution in [0.1, 0.15) is 44.2 Å². The zero-order valence-electron chi connectivity index (χ0n) is 29.0. The lowest BCUT2D eigenvalue weighted by molar-refractivity contribution is -0.141. The highest BCUT2D eigenvalue weighted by Crippen LogP contribution is 2.32. The molecular weight excluding hydrogens is 640 g/mol. The van der Waals surface area contributed by atoms with Gasteiger partial charge in [0.05, 0.1) is 19.7 Å². The fourth-order valence-electron chi connectivity index (χ4n) is 6.07. The van der Waals surface area contributed by atoms with Crippen molar-refractivity contribution in [1.29, 1.82) is 0 Å². The summed E-state index contributed by atoms with van der Waals surface area (Å²) in [5.41, 5.74) is 2.45. The molecule has 1 fully saturated rings. The molecule has 3 aromatic rings. The minimum absolute atomic E-state index is 0.0623. The van der Waals surface area contributed by atoms with Crippen molar-refractivity contribution in [3.63, 3.8) is 0 Å². The van der Waals surface area contributed by atoms with Gasteiger partial charge in [-0.15, -0.1) is 0 Å². The Labute approximate surface area is 292 Å². The average Bonchev–Trinajstić information content (AvgIpc) is 3.82. The Balaban J connectivity index is 1.49. The monoisotopic (exact) mass is 688 g/mol. The Hall–Kier alpha value is -4.91. The van der Waals surface area contributed by atoms with Crippen molar-refractivity contribution in [1.82, 2.24) is 31.2 Å². The van der Waals surface area contributed by atoms with E-state index in [2.05, 4.69) is 26.3 Å². The normalized spacial score (nSPS) is 21.4. The summed E-state index contributed by atoms with van der Waals surface area (Å²) in [7, 11) is 1.49. The molecule has 0 radical (unpaired) electrons. The van der Waals surface area contributed by atoms with Crippen molar-refractivity contribution in [2.24, 2.45) is 11.8 Å². The number of aromatic amines is 1. The molecule has 1 aliphatic carbocycles. The minimum Gasteiger partial charge on any atom is -0.492 e. The molecule has 13 nitrogen and oxygen atoms in total. The molecule has 5 N–H and O–H groups in total. The van der Waals surface area contributed by atoms with E-state index in [1.165, 1.54) is 12.0 Å². The van der Waals surface area contributed by atoms with Crippen LogP contribution in [0.2, 0.25) is 0 Å². The van der Waals surface area contributed by atoms with Gasteiger partial charge in [0.15, 0.2) is 0 Å². The van der Waals surface area contributed by atoms with Gasteiger partial charge in [0, 0.05) is 50.0 Å². The van der Waals surface area contributed by atoms with Gasteiger partial charge >= 0.3 is 0 Å². The number of carbonyl (C=O) groups is 5. The average molecular weight is 689 g/mol. The predicted octanol–water partition coefficient (Wildman–Crippen LogP) is 1.85. The third-order valence-corrected chi connectivity index (χ3v) is 9.05. The molecule has 1 saturated carbocycles. The van der Waals surface area contributed by atoms with Crippen LogP contribution in [-0.2, 0) is 41.6 Å². The van der Waals surface area contributed by atoms with Crippen molar-refractivity contribution < 1.29 is 33.4 Å². The molecule has 6 rings (SSSR count). The lowest BCUT2D eigenvalue weighted by Gasteiger charge is -2.30. The van der Waals surface area contributed by atoms with Crippen molar-refractivity contribution in [2.45, 2.75) is 64.1 Å². The van der Waals surface area contributed by atoms with Gasteiger partial charge < -0.3 is 40.6 Å². The van der Waals surface area contributed by atoms with E-state index in [-0.39, 0.29) is 63.4 Å². The smallest absolute Gasteiger partial charge is 0.246 e. The Bertz CT molecular complexity index is 1650. The van der Waals surface area contributed by atoms with E-state index >= 15 is 0 Å². The molecular formula is C37H48N6O7. The summed E-state index contributed by atoms with van der Waals surface area (Å²) in [5, 5.41) is 12.4. The van der Waals surface area contributed by atoms with Crippen molar-refractivity contribution in [2.75, 3.05) is 40.0 Å². The molecule has 5 amide bonds. The Morgan fingerprint density at radius 3 is 2.50 bits per heavy atom. The molecule has 2 aromatic carbocycles. The zero-order chi connectivity index (χ0) is 35.6. The second kappa shape index (κ2) is 17.1. The standard InChI is InChI=1S/C37H48N6O7/c1-23(2)34-36(47)38-14-16-50-27-12-10-24(11-13-27)18-30(40-32(44)19-25-8-9-25)35(46)41-31(20-26-21-39-29-7-5-4-6-28(26)29)37(48)43(15-17-49-3)22-33(45)42-34/h4-7,10-13,21,23,25,30-31,34,39H,8-9,14-20,22H2,1-3H3,(H,38,47)(H,40,44)(H,41,46)(H,42,45)/t30-,31-,34-/m0/s1. The first-order chi connectivity index (χ1) is 24.1. The Kier molecular flexibility index (Phi) is 12.5. The third-order valence-electron chi connectivity index (χ3n) is 9.05. The summed E-state index contributed by atoms with van der Waals surface area (Å²) in [5.74, 6) is -1.48. The first kappa shape index (κ1) is 36.4. The molecule has 2 aliphatic heterocycles. The van der Waals surface area contributed by atoms with Gasteiger partial charge in [-0.1, -0.05) is 44.2 Å². The van der Waals surface area contributed by atoms with Gasteiger partial charge in [0.1, 0.15) is 30.5 Å². The number of rotatable bonds is 9. The van der Waals surface area contributed by atoms with E-state index < -0.39 is 35.8 Å². The number of amides is 5. The highest BCUT2D eigenvalue weighted by atomic mass is 16.5. The number of nitrogens with zero attached hydrogens (tertiary/aromatic N) is 1. The molecule has 1 aromatic heterocycles. The van der Waals surface area contributed by atoms with Crippen molar-refractivity contribution in [3.05, 3.63) is 65.9 Å². The van der Waals surface area contributed by atoms with Gasteiger partial charge in [-0.3, -0.25) is 24.0 Å². The summed E-state index contributed by atoms with van der Waals surface area (Å²) >= 11 is 0. The fraction of sp³-hybridized carbons (Fsp3) is 0.486. The molecule has 0 spiro atoms. The number of hydrogen-bond acceptors (Lipinski definition) is 7. The van der Waals surface area contributed by atoms with Crippen LogP contribution < -0.4 is 26.0 Å². The summed E-state index contributed by atoms with van der Waals surface area (Å²) in [4.78, 5) is 72.7. The van der Waals surface area contributed by atoms with Gasteiger partial charge in [-0.05, 0) is 54.0 Å². The topological polar surface area (TPSA) is 171 Å². The number of benzene rings is 2. The molecule has 2 bridgehead atoms. The number of para-hydroxylation sites is 1. The zero-order valence-corrected chi connectivity index (χ0v) is 29.0. The first-order valence-electron chi connectivity index (χ1n) is 17.3. The van der Waals surface area contributed by atoms with Crippen LogP contribution >= 0.6 is 0 Å². The highest BCUT2D eigenvalue weighted by Gasteiger charge is 2.33. The van der Waals surface area contributed by atoms with Gasteiger partial charge in [0.25, 0.3) is 0 Å².